The molecule has 0 saturated heterocycles. The van der Waals surface area contributed by atoms with Crippen molar-refractivity contribution >= 4 is 29.2 Å². The van der Waals surface area contributed by atoms with Crippen LogP contribution < -0.4 is 16.8 Å². The van der Waals surface area contributed by atoms with Gasteiger partial charge in [0.15, 0.2) is 5.66 Å². The Bertz CT molecular complexity index is 801. The van der Waals surface area contributed by atoms with Crippen LogP contribution in [-0.2, 0) is 9.53 Å². The molecule has 0 aliphatic heterocycles. The van der Waals surface area contributed by atoms with Crippen LogP contribution >= 0.6 is 11.6 Å². The van der Waals surface area contributed by atoms with E-state index < -0.39 is 17.6 Å². The van der Waals surface area contributed by atoms with E-state index in [9.17, 15) is 9.59 Å². The van der Waals surface area contributed by atoms with Crippen molar-refractivity contribution in [3.05, 3.63) is 58.9 Å². The molecule has 0 aliphatic carbocycles. The SMILES string of the molecule is Cc1c(Cl)cccc1N[C@](N)(CCCCN)C(=O)OC(=O)c1cccnc1. The summed E-state index contributed by atoms with van der Waals surface area (Å²) in [6.07, 6.45) is 4.32. The standard InChI is InChI=1S/C19H23ClN4O3/c1-13-15(20)7-4-8-16(13)24-19(22,9-2-3-10-21)18(26)27-17(25)14-6-5-11-23-12-14/h4-8,11-12,24H,2-3,9-10,21-22H2,1H3/t19-/m1/s1. The number of anilines is 1. The first kappa shape index (κ1) is 20.8. The summed E-state index contributed by atoms with van der Waals surface area (Å²) < 4.78 is 5.01. The maximum atomic E-state index is 12.7. The average Bonchev–Trinajstić information content (AvgIpc) is 2.66. The van der Waals surface area contributed by atoms with E-state index in [2.05, 4.69) is 10.3 Å². The predicted octanol–water partition coefficient (Wildman–Crippen LogP) is 2.62. The van der Waals surface area contributed by atoms with Crippen LogP contribution in [0.25, 0.3) is 0 Å². The zero-order valence-electron chi connectivity index (χ0n) is 15.1. The van der Waals surface area contributed by atoms with Crippen LogP contribution in [0.2, 0.25) is 5.02 Å². The Balaban J connectivity index is 2.22. The lowest BCUT2D eigenvalue weighted by atomic mass is 10.0. The number of nitrogens with zero attached hydrogens (tertiary/aromatic N) is 1. The van der Waals surface area contributed by atoms with Crippen LogP contribution in [0.4, 0.5) is 5.69 Å². The van der Waals surface area contributed by atoms with Crippen LogP contribution in [0.15, 0.2) is 42.7 Å². The number of benzene rings is 1. The van der Waals surface area contributed by atoms with E-state index in [0.717, 1.165) is 5.56 Å². The first-order valence-electron chi connectivity index (χ1n) is 8.56. The van der Waals surface area contributed by atoms with Gasteiger partial charge in [-0.15, -0.1) is 0 Å². The highest BCUT2D eigenvalue weighted by molar-refractivity contribution is 6.31. The van der Waals surface area contributed by atoms with Gasteiger partial charge in [0, 0.05) is 23.1 Å². The molecule has 0 radical (unpaired) electrons. The number of nitrogens with two attached hydrogens (primary N) is 2. The average molecular weight is 391 g/mol. The summed E-state index contributed by atoms with van der Waals surface area (Å²) in [7, 11) is 0. The third-order valence-electron chi connectivity index (χ3n) is 4.10. The summed E-state index contributed by atoms with van der Waals surface area (Å²) in [6, 6.07) is 8.31. The van der Waals surface area contributed by atoms with Gasteiger partial charge in [-0.05, 0) is 62.6 Å². The molecule has 1 aromatic carbocycles. The smallest absolute Gasteiger partial charge is 0.354 e. The number of unbranched alkanes of at least 4 members (excludes halogenated alkanes) is 1. The topological polar surface area (TPSA) is 120 Å². The molecule has 0 saturated carbocycles. The molecule has 8 heteroatoms. The fourth-order valence-corrected chi connectivity index (χ4v) is 2.64. The van der Waals surface area contributed by atoms with Crippen molar-refractivity contribution in [1.29, 1.82) is 0 Å². The molecule has 1 atom stereocenters. The van der Waals surface area contributed by atoms with Gasteiger partial charge in [-0.3, -0.25) is 10.7 Å². The van der Waals surface area contributed by atoms with Gasteiger partial charge in [-0.1, -0.05) is 17.7 Å². The molecule has 2 rings (SSSR count). The second kappa shape index (κ2) is 9.45. The highest BCUT2D eigenvalue weighted by Gasteiger charge is 2.37. The highest BCUT2D eigenvalue weighted by atomic mass is 35.5. The van der Waals surface area contributed by atoms with E-state index in [-0.39, 0.29) is 12.0 Å². The Kier molecular flexibility index (Phi) is 7.29. The molecule has 0 spiro atoms. The zero-order valence-corrected chi connectivity index (χ0v) is 15.8. The lowest BCUT2D eigenvalue weighted by Gasteiger charge is -2.30. The van der Waals surface area contributed by atoms with Gasteiger partial charge < -0.3 is 15.8 Å². The van der Waals surface area contributed by atoms with Gasteiger partial charge in [0.2, 0.25) is 0 Å². The third-order valence-corrected chi connectivity index (χ3v) is 4.51. The molecular formula is C19H23ClN4O3. The minimum Gasteiger partial charge on any atom is -0.387 e. The van der Waals surface area contributed by atoms with Gasteiger partial charge in [-0.25, -0.2) is 9.59 Å². The molecule has 7 nitrogen and oxygen atoms in total. The molecule has 1 aromatic heterocycles. The van der Waals surface area contributed by atoms with E-state index >= 15 is 0 Å². The van der Waals surface area contributed by atoms with Crippen LogP contribution in [0.1, 0.15) is 35.2 Å². The van der Waals surface area contributed by atoms with Gasteiger partial charge in [0.25, 0.3) is 0 Å². The van der Waals surface area contributed by atoms with Crippen molar-refractivity contribution < 1.29 is 14.3 Å². The molecule has 144 valence electrons. The molecular weight excluding hydrogens is 368 g/mol. The number of carbonyl (C=O) groups excluding carboxylic acids is 2. The maximum Gasteiger partial charge on any atom is 0.354 e. The summed E-state index contributed by atoms with van der Waals surface area (Å²) in [5.41, 5.74) is 11.7. The van der Waals surface area contributed by atoms with Crippen LogP contribution in [0.3, 0.4) is 0 Å². The van der Waals surface area contributed by atoms with Crippen molar-refractivity contribution in [1.82, 2.24) is 4.98 Å². The van der Waals surface area contributed by atoms with Crippen molar-refractivity contribution in [2.24, 2.45) is 11.5 Å². The van der Waals surface area contributed by atoms with Crippen molar-refractivity contribution in [3.8, 4) is 0 Å². The van der Waals surface area contributed by atoms with Crippen molar-refractivity contribution in [2.45, 2.75) is 31.8 Å². The summed E-state index contributed by atoms with van der Waals surface area (Å²) in [4.78, 5) is 28.8. The Morgan fingerprint density at radius 3 is 2.70 bits per heavy atom. The summed E-state index contributed by atoms with van der Waals surface area (Å²) in [5, 5.41) is 3.52. The van der Waals surface area contributed by atoms with E-state index in [0.29, 0.717) is 30.1 Å². The molecule has 0 unspecified atom stereocenters. The van der Waals surface area contributed by atoms with Gasteiger partial charge >= 0.3 is 11.9 Å². The Hall–Kier alpha value is -2.48. The minimum absolute atomic E-state index is 0.161. The van der Waals surface area contributed by atoms with Gasteiger partial charge in [-0.2, -0.15) is 0 Å². The van der Waals surface area contributed by atoms with Gasteiger partial charge in [0.05, 0.1) is 5.56 Å². The number of nitrogens with one attached hydrogen (secondary N) is 1. The van der Waals surface area contributed by atoms with Gasteiger partial charge in [0.1, 0.15) is 0 Å². The van der Waals surface area contributed by atoms with Crippen molar-refractivity contribution in [2.75, 3.05) is 11.9 Å². The molecule has 5 N–H and O–H groups in total. The minimum atomic E-state index is -1.61. The number of carbonyl (C=O) groups is 2. The zero-order chi connectivity index (χ0) is 19.9. The van der Waals surface area contributed by atoms with E-state index in [1.54, 1.807) is 31.2 Å². The highest BCUT2D eigenvalue weighted by Crippen LogP contribution is 2.26. The quantitative estimate of drug-likeness (QED) is 0.274. The normalized spacial score (nSPS) is 12.9. The van der Waals surface area contributed by atoms with Crippen LogP contribution in [-0.4, -0.2) is 29.1 Å². The Morgan fingerprint density at radius 2 is 2.04 bits per heavy atom. The monoisotopic (exact) mass is 390 g/mol. The number of aromatic nitrogens is 1. The second-order valence-electron chi connectivity index (χ2n) is 6.17. The third kappa shape index (κ3) is 5.50. The van der Waals surface area contributed by atoms with Crippen molar-refractivity contribution in [3.63, 3.8) is 0 Å². The van der Waals surface area contributed by atoms with Crippen LogP contribution in [0.5, 0.6) is 0 Å². The summed E-state index contributed by atoms with van der Waals surface area (Å²) in [6.45, 7) is 2.27. The number of esters is 2. The fraction of sp³-hybridized carbons (Fsp3) is 0.316. The number of halogens is 1. The Morgan fingerprint density at radius 1 is 1.26 bits per heavy atom. The van der Waals surface area contributed by atoms with E-state index in [4.69, 9.17) is 27.8 Å². The summed E-state index contributed by atoms with van der Waals surface area (Å²) in [5.74, 6) is -1.70. The summed E-state index contributed by atoms with van der Waals surface area (Å²) >= 11 is 6.14. The van der Waals surface area contributed by atoms with Crippen LogP contribution in [0, 0.1) is 6.92 Å². The van der Waals surface area contributed by atoms with E-state index in [1.807, 2.05) is 0 Å². The number of hydrogen-bond donors (Lipinski definition) is 3. The van der Waals surface area contributed by atoms with E-state index in [1.165, 1.54) is 18.5 Å². The molecule has 0 bridgehead atoms. The lowest BCUT2D eigenvalue weighted by molar-refractivity contribution is -0.143. The fourth-order valence-electron chi connectivity index (χ4n) is 2.46. The number of ether oxygens (including phenoxy) is 1. The first-order chi connectivity index (χ1) is 12.9. The molecule has 0 amide bonds. The molecule has 0 fully saturated rings. The number of rotatable bonds is 8. The molecule has 27 heavy (non-hydrogen) atoms. The molecule has 2 aromatic rings. The second-order valence-corrected chi connectivity index (χ2v) is 6.58. The lowest BCUT2D eigenvalue weighted by Crippen LogP contribution is -2.56. The Labute approximate surface area is 163 Å². The predicted molar refractivity (Wildman–Crippen MR) is 104 cm³/mol. The molecule has 0 aliphatic rings. The number of hydrogen-bond acceptors (Lipinski definition) is 7. The number of pyridine rings is 1. The first-order valence-corrected chi connectivity index (χ1v) is 8.94. The molecule has 1 heterocycles. The largest absolute Gasteiger partial charge is 0.387 e. The maximum absolute atomic E-state index is 12.7.